The Balaban J connectivity index is 2.41. The highest BCUT2D eigenvalue weighted by molar-refractivity contribution is 6.12. The molecule has 0 aliphatic heterocycles. The van der Waals surface area contributed by atoms with Crippen LogP contribution in [-0.2, 0) is 4.74 Å². The van der Waals surface area contributed by atoms with Crippen LogP contribution >= 0.6 is 0 Å². The van der Waals surface area contributed by atoms with Gasteiger partial charge in [-0.25, -0.2) is 4.79 Å². The summed E-state index contributed by atoms with van der Waals surface area (Å²) in [5, 5.41) is 9.42. The van der Waals surface area contributed by atoms with E-state index in [2.05, 4.69) is 20.1 Å². The fourth-order valence-electron chi connectivity index (χ4n) is 1.75. The van der Waals surface area contributed by atoms with E-state index in [0.29, 0.717) is 17.1 Å². The molecule has 1 aromatic carbocycles. The van der Waals surface area contributed by atoms with Crippen LogP contribution in [0.3, 0.4) is 0 Å². The molecule has 0 aliphatic rings. The Hall–Kier alpha value is -2.90. The van der Waals surface area contributed by atoms with Gasteiger partial charge in [-0.2, -0.15) is 0 Å². The van der Waals surface area contributed by atoms with Gasteiger partial charge >= 0.3 is 5.97 Å². The van der Waals surface area contributed by atoms with Gasteiger partial charge in [-0.3, -0.25) is 9.89 Å². The smallest absolute Gasteiger partial charge is 0.361 e. The zero-order valence-corrected chi connectivity index (χ0v) is 11.7. The number of methoxy groups -OCH3 is 3. The van der Waals surface area contributed by atoms with E-state index in [1.807, 2.05) is 0 Å². The summed E-state index contributed by atoms with van der Waals surface area (Å²) in [6.07, 6.45) is 0. The maximum absolute atomic E-state index is 12.4. The SMILES string of the molecule is COC(=O)c1nn[nH]c1C(=O)c1ccc(OC)c(OC)c1. The summed E-state index contributed by atoms with van der Waals surface area (Å²) in [7, 11) is 4.15. The number of esters is 1. The van der Waals surface area contributed by atoms with E-state index in [0.717, 1.165) is 0 Å². The Morgan fingerprint density at radius 1 is 1.10 bits per heavy atom. The molecular formula is C13H13N3O5. The predicted molar refractivity (Wildman–Crippen MR) is 70.7 cm³/mol. The van der Waals surface area contributed by atoms with Crippen molar-refractivity contribution in [2.24, 2.45) is 0 Å². The zero-order chi connectivity index (χ0) is 15.4. The normalized spacial score (nSPS) is 10.0. The number of aromatic amines is 1. The van der Waals surface area contributed by atoms with Crippen LogP contribution in [0, 0.1) is 0 Å². The lowest BCUT2D eigenvalue weighted by Crippen LogP contribution is -2.11. The van der Waals surface area contributed by atoms with E-state index >= 15 is 0 Å². The Morgan fingerprint density at radius 3 is 2.43 bits per heavy atom. The molecule has 0 spiro atoms. The second kappa shape index (κ2) is 6.04. The van der Waals surface area contributed by atoms with Gasteiger partial charge in [0.25, 0.3) is 0 Å². The van der Waals surface area contributed by atoms with E-state index in [1.165, 1.54) is 27.4 Å². The predicted octanol–water partition coefficient (Wildman–Crippen LogP) is 0.840. The number of ketones is 1. The van der Waals surface area contributed by atoms with Crippen LogP contribution in [0.5, 0.6) is 11.5 Å². The molecule has 0 fully saturated rings. The van der Waals surface area contributed by atoms with Crippen molar-refractivity contribution < 1.29 is 23.8 Å². The Morgan fingerprint density at radius 2 is 1.81 bits per heavy atom. The number of rotatable bonds is 5. The van der Waals surface area contributed by atoms with Gasteiger partial charge in [-0.05, 0) is 18.2 Å². The minimum atomic E-state index is -0.743. The average molecular weight is 291 g/mol. The molecule has 1 heterocycles. The molecule has 0 radical (unpaired) electrons. The van der Waals surface area contributed by atoms with Crippen molar-refractivity contribution in [1.82, 2.24) is 15.4 Å². The van der Waals surface area contributed by atoms with Crippen LogP contribution in [0.1, 0.15) is 26.5 Å². The molecule has 0 atom stereocenters. The van der Waals surface area contributed by atoms with Crippen molar-refractivity contribution in [3.63, 3.8) is 0 Å². The van der Waals surface area contributed by atoms with Crippen molar-refractivity contribution in [2.75, 3.05) is 21.3 Å². The Labute approximate surface area is 120 Å². The number of nitrogens with one attached hydrogen (secondary N) is 1. The van der Waals surface area contributed by atoms with Gasteiger partial charge in [0.05, 0.1) is 21.3 Å². The maximum Gasteiger partial charge on any atom is 0.361 e. The molecule has 1 aromatic heterocycles. The molecule has 2 rings (SSSR count). The maximum atomic E-state index is 12.4. The van der Waals surface area contributed by atoms with E-state index in [4.69, 9.17) is 9.47 Å². The second-order valence-corrected chi connectivity index (χ2v) is 3.93. The standard InChI is InChI=1S/C13H13N3O5/c1-19-8-5-4-7(6-9(8)20-2)12(17)10-11(13(18)21-3)15-16-14-10/h4-6H,1-3H3,(H,14,15,16). The molecule has 0 bridgehead atoms. The number of hydrogen-bond acceptors (Lipinski definition) is 7. The number of hydrogen-bond donors (Lipinski definition) is 1. The number of H-pyrrole nitrogens is 1. The van der Waals surface area contributed by atoms with Gasteiger partial charge in [-0.15, -0.1) is 5.10 Å². The molecule has 0 unspecified atom stereocenters. The molecule has 0 saturated heterocycles. The number of carbonyl (C=O) groups excluding carboxylic acids is 2. The van der Waals surface area contributed by atoms with Crippen molar-refractivity contribution >= 4 is 11.8 Å². The van der Waals surface area contributed by atoms with Gasteiger partial charge in [0, 0.05) is 5.56 Å². The minimum Gasteiger partial charge on any atom is -0.493 e. The van der Waals surface area contributed by atoms with E-state index in [9.17, 15) is 9.59 Å². The number of ether oxygens (including phenoxy) is 3. The molecule has 8 heteroatoms. The third kappa shape index (κ3) is 2.69. The quantitative estimate of drug-likeness (QED) is 0.643. The van der Waals surface area contributed by atoms with E-state index < -0.39 is 11.8 Å². The molecule has 0 amide bonds. The average Bonchev–Trinajstić information content (AvgIpc) is 3.02. The highest BCUT2D eigenvalue weighted by Gasteiger charge is 2.24. The zero-order valence-electron chi connectivity index (χ0n) is 11.7. The summed E-state index contributed by atoms with van der Waals surface area (Å²) in [6.45, 7) is 0. The summed E-state index contributed by atoms with van der Waals surface area (Å²) in [5.41, 5.74) is 0.0789. The number of nitrogens with zero attached hydrogens (tertiary/aromatic N) is 2. The first kappa shape index (κ1) is 14.5. The summed E-state index contributed by atoms with van der Waals surface area (Å²) >= 11 is 0. The largest absolute Gasteiger partial charge is 0.493 e. The third-order valence-electron chi connectivity index (χ3n) is 2.80. The molecule has 110 valence electrons. The lowest BCUT2D eigenvalue weighted by molar-refractivity contribution is 0.0590. The van der Waals surface area contributed by atoms with Crippen molar-refractivity contribution in [1.29, 1.82) is 0 Å². The monoisotopic (exact) mass is 291 g/mol. The summed E-state index contributed by atoms with van der Waals surface area (Å²) in [6, 6.07) is 4.64. The fourth-order valence-corrected chi connectivity index (χ4v) is 1.75. The van der Waals surface area contributed by atoms with Crippen molar-refractivity contribution in [2.45, 2.75) is 0 Å². The summed E-state index contributed by atoms with van der Waals surface area (Å²) < 4.78 is 14.8. The van der Waals surface area contributed by atoms with Crippen LogP contribution in [0.25, 0.3) is 0 Å². The molecule has 0 saturated carbocycles. The Bertz CT molecular complexity index is 680. The molecule has 21 heavy (non-hydrogen) atoms. The van der Waals surface area contributed by atoms with Crippen LogP contribution in [-0.4, -0.2) is 48.5 Å². The van der Waals surface area contributed by atoms with Gasteiger partial charge in [0.1, 0.15) is 5.69 Å². The highest BCUT2D eigenvalue weighted by atomic mass is 16.5. The van der Waals surface area contributed by atoms with E-state index in [1.54, 1.807) is 12.1 Å². The lowest BCUT2D eigenvalue weighted by atomic mass is 10.1. The first-order valence-corrected chi connectivity index (χ1v) is 5.88. The van der Waals surface area contributed by atoms with E-state index in [-0.39, 0.29) is 11.4 Å². The second-order valence-electron chi connectivity index (χ2n) is 3.93. The molecular weight excluding hydrogens is 278 g/mol. The molecule has 2 aromatic rings. The number of benzene rings is 1. The van der Waals surface area contributed by atoms with Crippen LogP contribution < -0.4 is 9.47 Å². The minimum absolute atomic E-state index is 0.0472. The number of aromatic nitrogens is 3. The molecule has 8 nitrogen and oxygen atoms in total. The fraction of sp³-hybridized carbons (Fsp3) is 0.231. The topological polar surface area (TPSA) is 103 Å². The van der Waals surface area contributed by atoms with Gasteiger partial charge in [0.2, 0.25) is 11.5 Å². The van der Waals surface area contributed by atoms with Gasteiger partial charge in [0.15, 0.2) is 11.5 Å². The van der Waals surface area contributed by atoms with Gasteiger partial charge in [-0.1, -0.05) is 5.21 Å². The van der Waals surface area contributed by atoms with Crippen LogP contribution in [0.15, 0.2) is 18.2 Å². The van der Waals surface area contributed by atoms with Crippen molar-refractivity contribution in [3.8, 4) is 11.5 Å². The first-order valence-electron chi connectivity index (χ1n) is 5.88. The van der Waals surface area contributed by atoms with Crippen molar-refractivity contribution in [3.05, 3.63) is 35.2 Å². The Kier molecular flexibility index (Phi) is 4.17. The van der Waals surface area contributed by atoms with Crippen LogP contribution in [0.4, 0.5) is 0 Å². The molecule has 1 N–H and O–H groups in total. The summed E-state index contributed by atoms with van der Waals surface area (Å²) in [5.74, 6) is -0.311. The van der Waals surface area contributed by atoms with Crippen LogP contribution in [0.2, 0.25) is 0 Å². The highest BCUT2D eigenvalue weighted by Crippen LogP contribution is 2.28. The lowest BCUT2D eigenvalue weighted by Gasteiger charge is -2.08. The van der Waals surface area contributed by atoms with Gasteiger partial charge < -0.3 is 14.2 Å². The number of carbonyl (C=O) groups is 2. The molecule has 0 aliphatic carbocycles. The summed E-state index contributed by atoms with van der Waals surface area (Å²) in [4.78, 5) is 23.9. The first-order chi connectivity index (χ1) is 10.1. The third-order valence-corrected chi connectivity index (χ3v) is 2.80.